The molecule has 2 amide bonds. The van der Waals surface area contributed by atoms with Gasteiger partial charge in [-0.1, -0.05) is 37.0 Å². The van der Waals surface area contributed by atoms with Crippen LogP contribution in [-0.2, 0) is 0 Å². The van der Waals surface area contributed by atoms with Gasteiger partial charge in [0.2, 0.25) is 0 Å². The van der Waals surface area contributed by atoms with Crippen molar-refractivity contribution in [2.45, 2.75) is 26.7 Å². The molecule has 0 fully saturated rings. The summed E-state index contributed by atoms with van der Waals surface area (Å²) in [4.78, 5) is 11.8. The molecule has 0 aromatic heterocycles. The number of benzene rings is 1. The summed E-state index contributed by atoms with van der Waals surface area (Å²) >= 11 is 11.7. The minimum Gasteiger partial charge on any atom is -0.396 e. The van der Waals surface area contributed by atoms with Crippen molar-refractivity contribution in [3.8, 4) is 0 Å². The number of amides is 2. The second-order valence-corrected chi connectivity index (χ2v) is 6.24. The first-order chi connectivity index (χ1) is 9.34. The van der Waals surface area contributed by atoms with Gasteiger partial charge < -0.3 is 15.7 Å². The summed E-state index contributed by atoms with van der Waals surface area (Å²) in [5.41, 5.74) is 0.530. The average Bonchev–Trinajstić information content (AvgIpc) is 2.39. The highest BCUT2D eigenvalue weighted by molar-refractivity contribution is 6.42. The summed E-state index contributed by atoms with van der Waals surface area (Å²) in [6, 6.07) is 4.62. The van der Waals surface area contributed by atoms with Crippen LogP contribution >= 0.6 is 23.2 Å². The molecule has 1 aromatic rings. The molecule has 20 heavy (non-hydrogen) atoms. The standard InChI is InChI=1S/C14H20Cl2N2O2/c1-14(2,6-3-7-19)9-17-13(20)18-10-4-5-11(15)12(16)8-10/h4-5,8,19H,3,6-7,9H2,1-2H3,(H2,17,18,20). The van der Waals surface area contributed by atoms with E-state index >= 15 is 0 Å². The Balaban J connectivity index is 2.45. The second-order valence-electron chi connectivity index (χ2n) is 5.43. The molecule has 3 N–H and O–H groups in total. The van der Waals surface area contributed by atoms with Crippen LogP contribution in [0, 0.1) is 5.41 Å². The lowest BCUT2D eigenvalue weighted by Crippen LogP contribution is -2.36. The Kier molecular flexibility index (Phi) is 6.59. The van der Waals surface area contributed by atoms with Crippen molar-refractivity contribution in [3.63, 3.8) is 0 Å². The van der Waals surface area contributed by atoms with Crippen molar-refractivity contribution < 1.29 is 9.90 Å². The molecule has 0 radical (unpaired) electrons. The number of aliphatic hydroxyl groups is 1. The Morgan fingerprint density at radius 3 is 2.60 bits per heavy atom. The first-order valence-electron chi connectivity index (χ1n) is 6.45. The van der Waals surface area contributed by atoms with Crippen LogP contribution < -0.4 is 10.6 Å². The monoisotopic (exact) mass is 318 g/mol. The minimum absolute atomic E-state index is 0.0578. The molecule has 0 aliphatic rings. The van der Waals surface area contributed by atoms with Crippen molar-refractivity contribution >= 4 is 34.9 Å². The fourth-order valence-corrected chi connectivity index (χ4v) is 2.01. The topological polar surface area (TPSA) is 61.4 Å². The molecule has 0 saturated carbocycles. The molecule has 1 rings (SSSR count). The van der Waals surface area contributed by atoms with Crippen LogP contribution in [0.1, 0.15) is 26.7 Å². The Hall–Kier alpha value is -0.970. The summed E-state index contributed by atoms with van der Waals surface area (Å²) in [5, 5.41) is 15.2. The molecule has 112 valence electrons. The van der Waals surface area contributed by atoms with E-state index in [1.807, 2.05) is 13.8 Å². The maximum atomic E-state index is 11.8. The molecule has 6 heteroatoms. The first kappa shape index (κ1) is 17.1. The second kappa shape index (κ2) is 7.72. The van der Waals surface area contributed by atoms with Gasteiger partial charge in [-0.25, -0.2) is 4.79 Å². The van der Waals surface area contributed by atoms with Gasteiger partial charge in [0.15, 0.2) is 0 Å². The number of carbonyl (C=O) groups is 1. The summed E-state index contributed by atoms with van der Waals surface area (Å²) in [6.07, 6.45) is 1.57. The van der Waals surface area contributed by atoms with Gasteiger partial charge in [-0.2, -0.15) is 0 Å². The van der Waals surface area contributed by atoms with Crippen LogP contribution in [0.4, 0.5) is 10.5 Å². The number of hydrogen-bond acceptors (Lipinski definition) is 2. The van der Waals surface area contributed by atoms with E-state index in [9.17, 15) is 4.79 Å². The largest absolute Gasteiger partial charge is 0.396 e. The zero-order valence-electron chi connectivity index (χ0n) is 11.7. The number of hydrogen-bond donors (Lipinski definition) is 3. The third kappa shape index (κ3) is 5.99. The number of anilines is 1. The van der Waals surface area contributed by atoms with Gasteiger partial charge >= 0.3 is 6.03 Å². The van der Waals surface area contributed by atoms with E-state index in [2.05, 4.69) is 10.6 Å². The summed E-state index contributed by atoms with van der Waals surface area (Å²) in [5.74, 6) is 0. The van der Waals surface area contributed by atoms with Gasteiger partial charge in [0, 0.05) is 18.8 Å². The van der Waals surface area contributed by atoms with Crippen molar-refractivity contribution in [2.24, 2.45) is 5.41 Å². The quantitative estimate of drug-likeness (QED) is 0.744. The van der Waals surface area contributed by atoms with Gasteiger partial charge in [-0.05, 0) is 36.5 Å². The third-order valence-electron chi connectivity index (χ3n) is 2.92. The van der Waals surface area contributed by atoms with Gasteiger partial charge in [0.05, 0.1) is 10.0 Å². The maximum Gasteiger partial charge on any atom is 0.319 e. The number of aliphatic hydroxyl groups excluding tert-OH is 1. The number of rotatable bonds is 6. The predicted molar refractivity (Wildman–Crippen MR) is 83.6 cm³/mol. The van der Waals surface area contributed by atoms with E-state index in [-0.39, 0.29) is 18.1 Å². The zero-order valence-corrected chi connectivity index (χ0v) is 13.2. The molecule has 0 unspecified atom stereocenters. The molecule has 0 heterocycles. The van der Waals surface area contributed by atoms with Crippen molar-refractivity contribution in [1.82, 2.24) is 5.32 Å². The fraction of sp³-hybridized carbons (Fsp3) is 0.500. The van der Waals surface area contributed by atoms with E-state index in [1.54, 1.807) is 18.2 Å². The molecule has 0 aliphatic carbocycles. The van der Waals surface area contributed by atoms with E-state index in [1.165, 1.54) is 0 Å². The molecule has 0 atom stereocenters. The Morgan fingerprint density at radius 1 is 1.30 bits per heavy atom. The molecule has 4 nitrogen and oxygen atoms in total. The van der Waals surface area contributed by atoms with E-state index in [0.29, 0.717) is 22.3 Å². The van der Waals surface area contributed by atoms with Crippen LogP contribution in [0.25, 0.3) is 0 Å². The first-order valence-corrected chi connectivity index (χ1v) is 7.20. The van der Waals surface area contributed by atoms with Crippen LogP contribution in [0.5, 0.6) is 0 Å². The molecule has 0 bridgehead atoms. The number of halogens is 2. The highest BCUT2D eigenvalue weighted by Crippen LogP contribution is 2.25. The highest BCUT2D eigenvalue weighted by Gasteiger charge is 2.18. The van der Waals surface area contributed by atoms with Crippen LogP contribution in [0.2, 0.25) is 10.0 Å². The van der Waals surface area contributed by atoms with Crippen LogP contribution in [-0.4, -0.2) is 24.3 Å². The maximum absolute atomic E-state index is 11.8. The van der Waals surface area contributed by atoms with Crippen LogP contribution in [0.15, 0.2) is 18.2 Å². The Morgan fingerprint density at radius 2 is 2.00 bits per heavy atom. The van der Waals surface area contributed by atoms with E-state index in [4.69, 9.17) is 28.3 Å². The zero-order chi connectivity index (χ0) is 15.2. The molecular weight excluding hydrogens is 299 g/mol. The Bertz CT molecular complexity index is 464. The lowest BCUT2D eigenvalue weighted by molar-refractivity contribution is 0.227. The van der Waals surface area contributed by atoms with Crippen molar-refractivity contribution in [1.29, 1.82) is 0 Å². The number of nitrogens with one attached hydrogen (secondary N) is 2. The number of urea groups is 1. The minimum atomic E-state index is -0.291. The van der Waals surface area contributed by atoms with Crippen molar-refractivity contribution in [2.75, 3.05) is 18.5 Å². The normalized spacial score (nSPS) is 11.2. The molecule has 1 aromatic carbocycles. The average molecular weight is 319 g/mol. The van der Waals surface area contributed by atoms with Gasteiger partial charge in [0.25, 0.3) is 0 Å². The van der Waals surface area contributed by atoms with Gasteiger partial charge in [0.1, 0.15) is 0 Å². The summed E-state index contributed by atoms with van der Waals surface area (Å²) < 4.78 is 0. The van der Waals surface area contributed by atoms with Crippen LogP contribution in [0.3, 0.4) is 0 Å². The SMILES string of the molecule is CC(C)(CCCO)CNC(=O)Nc1ccc(Cl)c(Cl)c1. The van der Waals surface area contributed by atoms with Gasteiger partial charge in [-0.3, -0.25) is 0 Å². The van der Waals surface area contributed by atoms with E-state index < -0.39 is 0 Å². The summed E-state index contributed by atoms with van der Waals surface area (Å²) in [6.45, 7) is 4.78. The molecular formula is C14H20Cl2N2O2. The van der Waals surface area contributed by atoms with E-state index in [0.717, 1.165) is 12.8 Å². The van der Waals surface area contributed by atoms with Gasteiger partial charge in [-0.15, -0.1) is 0 Å². The third-order valence-corrected chi connectivity index (χ3v) is 3.66. The van der Waals surface area contributed by atoms with Crippen molar-refractivity contribution in [3.05, 3.63) is 28.2 Å². The Labute approximate surface area is 129 Å². The number of carbonyl (C=O) groups excluding carboxylic acids is 1. The smallest absolute Gasteiger partial charge is 0.319 e. The lowest BCUT2D eigenvalue weighted by Gasteiger charge is -2.24. The predicted octanol–water partition coefficient (Wildman–Crippen LogP) is 3.91. The molecule has 0 aliphatic heterocycles. The fourth-order valence-electron chi connectivity index (χ4n) is 1.71. The highest BCUT2D eigenvalue weighted by atomic mass is 35.5. The lowest BCUT2D eigenvalue weighted by atomic mass is 9.88. The molecule has 0 saturated heterocycles. The summed E-state index contributed by atoms with van der Waals surface area (Å²) in [7, 11) is 0. The molecule has 0 spiro atoms.